The second kappa shape index (κ2) is 5.78. The van der Waals surface area contributed by atoms with Gasteiger partial charge in [0.15, 0.2) is 5.96 Å². The van der Waals surface area contributed by atoms with Gasteiger partial charge in [-0.2, -0.15) is 5.10 Å². The zero-order chi connectivity index (χ0) is 16.7. The van der Waals surface area contributed by atoms with Crippen LogP contribution in [0.5, 0.6) is 0 Å². The van der Waals surface area contributed by atoms with E-state index in [1.165, 1.54) is 0 Å². The molecule has 7 heteroatoms. The van der Waals surface area contributed by atoms with E-state index in [1.54, 1.807) is 13.4 Å². The molecule has 0 spiro atoms. The maximum absolute atomic E-state index is 5.70. The van der Waals surface area contributed by atoms with Crippen LogP contribution in [0, 0.1) is 5.41 Å². The Balaban J connectivity index is 1.58. The molecule has 1 aliphatic carbocycles. The molecule has 3 atom stereocenters. The summed E-state index contributed by atoms with van der Waals surface area (Å²) in [6, 6.07) is 0.677. The van der Waals surface area contributed by atoms with E-state index in [0.29, 0.717) is 12.1 Å². The highest BCUT2D eigenvalue weighted by atomic mass is 16.5. The van der Waals surface area contributed by atoms with Crippen molar-refractivity contribution in [2.75, 3.05) is 14.2 Å². The second-order valence-corrected chi connectivity index (χ2v) is 7.37. The van der Waals surface area contributed by atoms with Gasteiger partial charge >= 0.3 is 0 Å². The van der Waals surface area contributed by atoms with E-state index in [-0.39, 0.29) is 11.0 Å². The number of nitrogens with zero attached hydrogens (tertiary/aromatic N) is 4. The molecule has 1 aromatic heterocycles. The fraction of sp³-hybridized carbons (Fsp3) is 0.812. The summed E-state index contributed by atoms with van der Waals surface area (Å²) < 4.78 is 7.67. The summed E-state index contributed by atoms with van der Waals surface area (Å²) in [6.45, 7) is 7.50. The molecule has 0 aromatic carbocycles. The molecule has 7 nitrogen and oxygen atoms in total. The van der Waals surface area contributed by atoms with Gasteiger partial charge in [-0.05, 0) is 19.8 Å². The molecule has 0 saturated heterocycles. The average Bonchev–Trinajstić information content (AvgIpc) is 3.00. The Morgan fingerprint density at radius 2 is 2.17 bits per heavy atom. The predicted octanol–water partition coefficient (Wildman–Crippen LogP) is 0.961. The molecular formula is C16H28N6O. The van der Waals surface area contributed by atoms with E-state index in [2.05, 4.69) is 46.5 Å². The summed E-state index contributed by atoms with van der Waals surface area (Å²) in [7, 11) is 3.61. The van der Waals surface area contributed by atoms with Crippen LogP contribution < -0.4 is 10.6 Å². The maximum Gasteiger partial charge on any atom is 0.191 e. The number of aryl methyl sites for hydroxylation is 1. The Kier molecular flexibility index (Phi) is 4.08. The number of rotatable bonds is 3. The first-order valence-electron chi connectivity index (χ1n) is 8.31. The summed E-state index contributed by atoms with van der Waals surface area (Å²) in [5.74, 6) is 1.93. The van der Waals surface area contributed by atoms with Crippen molar-refractivity contribution in [3.8, 4) is 0 Å². The fourth-order valence-corrected chi connectivity index (χ4v) is 3.61. The van der Waals surface area contributed by atoms with Crippen LogP contribution in [0.3, 0.4) is 0 Å². The molecule has 0 bridgehead atoms. The van der Waals surface area contributed by atoms with E-state index in [0.717, 1.165) is 37.6 Å². The van der Waals surface area contributed by atoms with Gasteiger partial charge in [-0.3, -0.25) is 4.99 Å². The minimum atomic E-state index is -0.0794. The van der Waals surface area contributed by atoms with Gasteiger partial charge in [-0.1, -0.05) is 13.8 Å². The SMILES string of the molecule is CN=C(NC1CCc2ncnn2C1)NC1CC(C)(OC)C1(C)C. The van der Waals surface area contributed by atoms with E-state index >= 15 is 0 Å². The van der Waals surface area contributed by atoms with Crippen molar-refractivity contribution in [3.05, 3.63) is 12.2 Å². The lowest BCUT2D eigenvalue weighted by atomic mass is 9.56. The molecule has 1 fully saturated rings. The van der Waals surface area contributed by atoms with Crippen molar-refractivity contribution in [2.45, 2.75) is 64.3 Å². The Morgan fingerprint density at radius 3 is 2.83 bits per heavy atom. The summed E-state index contributed by atoms with van der Waals surface area (Å²) in [6.07, 6.45) is 4.61. The van der Waals surface area contributed by atoms with E-state index in [4.69, 9.17) is 4.74 Å². The molecule has 0 amide bonds. The van der Waals surface area contributed by atoms with Gasteiger partial charge in [-0.15, -0.1) is 0 Å². The average molecular weight is 320 g/mol. The van der Waals surface area contributed by atoms with Crippen LogP contribution >= 0.6 is 0 Å². The molecule has 2 N–H and O–H groups in total. The van der Waals surface area contributed by atoms with Crippen molar-refractivity contribution in [3.63, 3.8) is 0 Å². The van der Waals surface area contributed by atoms with Crippen molar-refractivity contribution < 1.29 is 4.74 Å². The summed E-state index contributed by atoms with van der Waals surface area (Å²) >= 11 is 0. The Morgan fingerprint density at radius 1 is 1.39 bits per heavy atom. The Bertz CT molecular complexity index is 595. The number of fused-ring (bicyclic) bond motifs is 1. The summed E-state index contributed by atoms with van der Waals surface area (Å²) in [5.41, 5.74) is -0.0189. The number of methoxy groups -OCH3 is 1. The van der Waals surface area contributed by atoms with Crippen molar-refractivity contribution in [1.29, 1.82) is 0 Å². The van der Waals surface area contributed by atoms with E-state index in [9.17, 15) is 0 Å². The molecule has 128 valence electrons. The zero-order valence-electron chi connectivity index (χ0n) is 14.8. The summed E-state index contributed by atoms with van der Waals surface area (Å²) in [4.78, 5) is 8.67. The van der Waals surface area contributed by atoms with Crippen LogP contribution in [0.15, 0.2) is 11.3 Å². The smallest absolute Gasteiger partial charge is 0.191 e. The lowest BCUT2D eigenvalue weighted by molar-refractivity contribution is -0.176. The number of guanidine groups is 1. The molecule has 2 heterocycles. The predicted molar refractivity (Wildman–Crippen MR) is 89.4 cm³/mol. The van der Waals surface area contributed by atoms with Gasteiger partial charge in [0.05, 0.1) is 12.1 Å². The lowest BCUT2D eigenvalue weighted by Gasteiger charge is -2.59. The monoisotopic (exact) mass is 320 g/mol. The topological polar surface area (TPSA) is 76.4 Å². The normalized spacial score (nSPS) is 32.8. The van der Waals surface area contributed by atoms with Crippen LogP contribution in [-0.2, 0) is 17.7 Å². The van der Waals surface area contributed by atoms with Crippen LogP contribution in [0.1, 0.15) is 39.4 Å². The van der Waals surface area contributed by atoms with E-state index in [1.807, 2.05) is 11.7 Å². The molecule has 3 unspecified atom stereocenters. The molecule has 3 rings (SSSR count). The lowest BCUT2D eigenvalue weighted by Crippen LogP contribution is -2.69. The number of aromatic nitrogens is 3. The standard InChI is InChI=1S/C16H28N6O/c1-15(2)12(8-16(15,3)23-5)21-14(17-4)20-11-6-7-13-18-10-19-22(13)9-11/h10-12H,6-9H2,1-5H3,(H2,17,20,21). The van der Waals surface area contributed by atoms with Crippen LogP contribution in [0.4, 0.5) is 0 Å². The highest BCUT2D eigenvalue weighted by molar-refractivity contribution is 5.80. The first-order valence-corrected chi connectivity index (χ1v) is 8.31. The van der Waals surface area contributed by atoms with Crippen molar-refractivity contribution in [1.82, 2.24) is 25.4 Å². The van der Waals surface area contributed by atoms with E-state index < -0.39 is 0 Å². The molecular weight excluding hydrogens is 292 g/mol. The number of nitrogens with one attached hydrogen (secondary N) is 2. The van der Waals surface area contributed by atoms with Crippen LogP contribution in [0.25, 0.3) is 0 Å². The van der Waals surface area contributed by atoms with Crippen molar-refractivity contribution in [2.24, 2.45) is 10.4 Å². The third-order valence-corrected chi connectivity index (χ3v) is 5.96. The minimum Gasteiger partial charge on any atom is -0.378 e. The van der Waals surface area contributed by atoms with Gasteiger partial charge in [0, 0.05) is 38.1 Å². The third-order valence-electron chi connectivity index (χ3n) is 5.96. The largest absolute Gasteiger partial charge is 0.378 e. The molecule has 1 aromatic rings. The van der Waals surface area contributed by atoms with Gasteiger partial charge in [0.1, 0.15) is 12.2 Å². The number of ether oxygens (including phenoxy) is 1. The van der Waals surface area contributed by atoms with Crippen LogP contribution in [0.2, 0.25) is 0 Å². The highest BCUT2D eigenvalue weighted by Crippen LogP contribution is 2.51. The third kappa shape index (κ3) is 2.71. The fourth-order valence-electron chi connectivity index (χ4n) is 3.61. The van der Waals surface area contributed by atoms with Gasteiger partial charge in [0.25, 0.3) is 0 Å². The molecule has 2 aliphatic rings. The molecule has 1 aliphatic heterocycles. The molecule has 23 heavy (non-hydrogen) atoms. The Labute approximate surface area is 137 Å². The van der Waals surface area contributed by atoms with Gasteiger partial charge in [0.2, 0.25) is 0 Å². The van der Waals surface area contributed by atoms with Crippen molar-refractivity contribution >= 4 is 5.96 Å². The number of aliphatic imine (C=N–C) groups is 1. The quantitative estimate of drug-likeness (QED) is 0.641. The number of hydrogen-bond donors (Lipinski definition) is 2. The second-order valence-electron chi connectivity index (χ2n) is 7.37. The Hall–Kier alpha value is -1.63. The first kappa shape index (κ1) is 16.2. The molecule has 1 saturated carbocycles. The first-order chi connectivity index (χ1) is 10.9. The van der Waals surface area contributed by atoms with Crippen LogP contribution in [-0.4, -0.2) is 52.6 Å². The number of hydrogen-bond acceptors (Lipinski definition) is 4. The van der Waals surface area contributed by atoms with Gasteiger partial charge in [-0.25, -0.2) is 9.67 Å². The van der Waals surface area contributed by atoms with Gasteiger partial charge < -0.3 is 15.4 Å². The zero-order valence-corrected chi connectivity index (χ0v) is 14.8. The minimum absolute atomic E-state index is 0.0605. The highest BCUT2D eigenvalue weighted by Gasteiger charge is 2.58. The summed E-state index contributed by atoms with van der Waals surface area (Å²) in [5, 5.41) is 11.4. The maximum atomic E-state index is 5.70. The molecule has 0 radical (unpaired) electrons.